The second kappa shape index (κ2) is 5.46. The van der Waals surface area contributed by atoms with Gasteiger partial charge in [0, 0.05) is 48.3 Å². The molecule has 1 N–H and O–H groups in total. The van der Waals surface area contributed by atoms with E-state index in [0.29, 0.717) is 5.02 Å². The van der Waals surface area contributed by atoms with Crippen LogP contribution in [0.15, 0.2) is 24.4 Å². The Labute approximate surface area is 123 Å². The molecule has 0 radical (unpaired) electrons. The molecule has 1 aliphatic heterocycles. The van der Waals surface area contributed by atoms with Crippen LogP contribution >= 0.6 is 11.6 Å². The number of carbonyl (C=O) groups excluding carboxylic acids is 1. The van der Waals surface area contributed by atoms with Crippen LogP contribution in [0.3, 0.4) is 0 Å². The van der Waals surface area contributed by atoms with E-state index in [4.69, 9.17) is 11.6 Å². The Balaban J connectivity index is 1.82. The number of halogens is 1. The summed E-state index contributed by atoms with van der Waals surface area (Å²) in [6.07, 6.45) is 1.79. The highest BCUT2D eigenvalue weighted by Crippen LogP contribution is 2.23. The molecule has 20 heavy (non-hydrogen) atoms. The third-order valence-electron chi connectivity index (χ3n) is 3.98. The molecule has 0 atom stereocenters. The second-order valence-electron chi connectivity index (χ2n) is 5.12. The van der Waals surface area contributed by atoms with Gasteiger partial charge in [-0.3, -0.25) is 4.79 Å². The lowest BCUT2D eigenvalue weighted by atomic mass is 10.1. The summed E-state index contributed by atoms with van der Waals surface area (Å²) < 4.78 is 0. The van der Waals surface area contributed by atoms with Gasteiger partial charge in [-0.1, -0.05) is 24.6 Å². The van der Waals surface area contributed by atoms with E-state index in [1.165, 1.54) is 0 Å². The van der Waals surface area contributed by atoms with E-state index in [9.17, 15) is 4.79 Å². The molecule has 0 aliphatic carbocycles. The van der Waals surface area contributed by atoms with Crippen LogP contribution in [-0.4, -0.2) is 53.4 Å². The van der Waals surface area contributed by atoms with Gasteiger partial charge in [-0.25, -0.2) is 0 Å². The van der Waals surface area contributed by atoms with Gasteiger partial charge in [0.25, 0.3) is 5.91 Å². The van der Waals surface area contributed by atoms with Crippen molar-refractivity contribution in [3.05, 3.63) is 35.0 Å². The van der Waals surface area contributed by atoms with Crippen molar-refractivity contribution in [2.45, 2.75) is 6.92 Å². The van der Waals surface area contributed by atoms with E-state index in [1.807, 2.05) is 23.1 Å². The first-order valence-corrected chi connectivity index (χ1v) is 7.35. The normalized spacial score (nSPS) is 16.8. The number of H-pyrrole nitrogens is 1. The number of aromatic amines is 1. The van der Waals surface area contributed by atoms with E-state index in [1.54, 1.807) is 6.20 Å². The standard InChI is InChI=1S/C15H18ClN3O/c1-2-18-5-7-19(8-6-18)15(20)13-10-17-14-9-11(16)3-4-12(13)14/h3-4,9-10,17H,2,5-8H2,1H3. The third-order valence-corrected chi connectivity index (χ3v) is 4.22. The molecule has 3 rings (SSSR count). The SMILES string of the molecule is CCN1CCN(C(=O)c2c[nH]c3cc(Cl)ccc23)CC1. The molecule has 0 unspecified atom stereocenters. The van der Waals surface area contributed by atoms with Crippen LogP contribution in [0.4, 0.5) is 0 Å². The molecule has 1 aliphatic rings. The predicted octanol–water partition coefficient (Wildman–Crippen LogP) is 2.60. The van der Waals surface area contributed by atoms with Crippen molar-refractivity contribution in [2.24, 2.45) is 0 Å². The van der Waals surface area contributed by atoms with Crippen molar-refractivity contribution in [1.29, 1.82) is 0 Å². The number of aromatic nitrogens is 1. The van der Waals surface area contributed by atoms with Gasteiger partial charge in [-0.15, -0.1) is 0 Å². The van der Waals surface area contributed by atoms with Gasteiger partial charge >= 0.3 is 0 Å². The van der Waals surface area contributed by atoms with E-state index in [2.05, 4.69) is 16.8 Å². The Morgan fingerprint density at radius 1 is 1.30 bits per heavy atom. The summed E-state index contributed by atoms with van der Waals surface area (Å²) in [6, 6.07) is 5.58. The highest BCUT2D eigenvalue weighted by molar-refractivity contribution is 6.31. The third kappa shape index (κ3) is 2.41. The highest BCUT2D eigenvalue weighted by atomic mass is 35.5. The number of nitrogens with zero attached hydrogens (tertiary/aromatic N) is 2. The molecule has 5 heteroatoms. The van der Waals surface area contributed by atoms with Gasteiger partial charge in [-0.05, 0) is 18.7 Å². The summed E-state index contributed by atoms with van der Waals surface area (Å²) in [5, 5.41) is 1.62. The number of nitrogens with one attached hydrogen (secondary N) is 1. The molecule has 1 aromatic heterocycles. The number of fused-ring (bicyclic) bond motifs is 1. The van der Waals surface area contributed by atoms with Gasteiger partial charge in [0.2, 0.25) is 0 Å². The maximum Gasteiger partial charge on any atom is 0.256 e. The molecule has 1 aromatic carbocycles. The van der Waals surface area contributed by atoms with Gasteiger partial charge in [0.05, 0.1) is 5.56 Å². The summed E-state index contributed by atoms with van der Waals surface area (Å²) >= 11 is 5.97. The number of carbonyl (C=O) groups is 1. The van der Waals surface area contributed by atoms with Crippen LogP contribution in [0, 0.1) is 0 Å². The number of rotatable bonds is 2. The fourth-order valence-corrected chi connectivity index (χ4v) is 2.89. The van der Waals surface area contributed by atoms with Crippen molar-refractivity contribution in [2.75, 3.05) is 32.7 Å². The fraction of sp³-hybridized carbons (Fsp3) is 0.400. The monoisotopic (exact) mass is 291 g/mol. The Bertz CT molecular complexity index is 629. The molecule has 0 spiro atoms. The molecular weight excluding hydrogens is 274 g/mol. The minimum Gasteiger partial charge on any atom is -0.360 e. The molecule has 1 fully saturated rings. The fourth-order valence-electron chi connectivity index (χ4n) is 2.71. The van der Waals surface area contributed by atoms with Crippen molar-refractivity contribution in [3.63, 3.8) is 0 Å². The molecule has 0 bridgehead atoms. The molecule has 2 heterocycles. The first kappa shape index (κ1) is 13.5. The Kier molecular flexibility index (Phi) is 3.68. The van der Waals surface area contributed by atoms with Gasteiger partial charge in [0.1, 0.15) is 0 Å². The largest absolute Gasteiger partial charge is 0.360 e. The van der Waals surface area contributed by atoms with Crippen LogP contribution in [0.25, 0.3) is 10.9 Å². The summed E-state index contributed by atoms with van der Waals surface area (Å²) in [6.45, 7) is 6.71. The van der Waals surface area contributed by atoms with Crippen LogP contribution in [-0.2, 0) is 0 Å². The molecule has 4 nitrogen and oxygen atoms in total. The minimum atomic E-state index is 0.106. The number of piperazine rings is 1. The van der Waals surface area contributed by atoms with Crippen molar-refractivity contribution < 1.29 is 4.79 Å². The van der Waals surface area contributed by atoms with Crippen LogP contribution < -0.4 is 0 Å². The Morgan fingerprint density at radius 3 is 2.75 bits per heavy atom. The first-order chi connectivity index (χ1) is 9.69. The summed E-state index contributed by atoms with van der Waals surface area (Å²) in [5.41, 5.74) is 1.65. The second-order valence-corrected chi connectivity index (χ2v) is 5.56. The van der Waals surface area contributed by atoms with Gasteiger partial charge in [-0.2, -0.15) is 0 Å². The molecule has 1 amide bonds. The molecule has 2 aromatic rings. The van der Waals surface area contributed by atoms with Crippen molar-refractivity contribution in [1.82, 2.24) is 14.8 Å². The average Bonchev–Trinajstić information content (AvgIpc) is 2.89. The zero-order valence-corrected chi connectivity index (χ0v) is 12.3. The lowest BCUT2D eigenvalue weighted by Crippen LogP contribution is -2.48. The van der Waals surface area contributed by atoms with E-state index < -0.39 is 0 Å². The quantitative estimate of drug-likeness (QED) is 0.924. The number of likely N-dealkylation sites (N-methyl/N-ethyl adjacent to an activating group) is 1. The zero-order chi connectivity index (χ0) is 14.1. The Morgan fingerprint density at radius 2 is 2.05 bits per heavy atom. The molecule has 106 valence electrons. The van der Waals surface area contributed by atoms with E-state index in [0.717, 1.165) is 49.2 Å². The van der Waals surface area contributed by atoms with Crippen molar-refractivity contribution in [3.8, 4) is 0 Å². The lowest BCUT2D eigenvalue weighted by Gasteiger charge is -2.34. The maximum absolute atomic E-state index is 12.6. The smallest absolute Gasteiger partial charge is 0.256 e. The minimum absolute atomic E-state index is 0.106. The maximum atomic E-state index is 12.6. The number of benzene rings is 1. The van der Waals surface area contributed by atoms with Gasteiger partial charge < -0.3 is 14.8 Å². The van der Waals surface area contributed by atoms with Crippen LogP contribution in [0.2, 0.25) is 5.02 Å². The summed E-state index contributed by atoms with van der Waals surface area (Å²) in [7, 11) is 0. The van der Waals surface area contributed by atoms with Crippen molar-refractivity contribution >= 4 is 28.4 Å². The molecule has 0 saturated carbocycles. The molecular formula is C15H18ClN3O. The topological polar surface area (TPSA) is 39.3 Å². The van der Waals surface area contributed by atoms with Crippen LogP contribution in [0.5, 0.6) is 0 Å². The lowest BCUT2D eigenvalue weighted by molar-refractivity contribution is 0.0645. The predicted molar refractivity (Wildman–Crippen MR) is 81.3 cm³/mol. The first-order valence-electron chi connectivity index (χ1n) is 6.97. The number of amides is 1. The average molecular weight is 292 g/mol. The summed E-state index contributed by atoms with van der Waals surface area (Å²) in [5.74, 6) is 0.106. The van der Waals surface area contributed by atoms with Gasteiger partial charge in [0.15, 0.2) is 0 Å². The molecule has 1 saturated heterocycles. The zero-order valence-electron chi connectivity index (χ0n) is 11.5. The van der Waals surface area contributed by atoms with Crippen LogP contribution in [0.1, 0.15) is 17.3 Å². The number of hydrogen-bond donors (Lipinski definition) is 1. The highest BCUT2D eigenvalue weighted by Gasteiger charge is 2.23. The van der Waals surface area contributed by atoms with E-state index in [-0.39, 0.29) is 5.91 Å². The summed E-state index contributed by atoms with van der Waals surface area (Å²) in [4.78, 5) is 20.0. The Hall–Kier alpha value is -1.52. The van der Waals surface area contributed by atoms with E-state index >= 15 is 0 Å². The number of hydrogen-bond acceptors (Lipinski definition) is 2.